The van der Waals surface area contributed by atoms with Gasteiger partial charge in [-0.2, -0.15) is 0 Å². The van der Waals surface area contributed by atoms with E-state index in [0.29, 0.717) is 35.9 Å². The minimum absolute atomic E-state index is 0.0147. The molecule has 29 heavy (non-hydrogen) atoms. The molecule has 1 saturated heterocycles. The molecule has 4 heterocycles. The fourth-order valence-electron chi connectivity index (χ4n) is 3.94. The Balaban J connectivity index is 1.40. The molecule has 1 amide bonds. The van der Waals surface area contributed by atoms with Crippen molar-refractivity contribution >= 4 is 5.91 Å². The molecule has 0 radical (unpaired) electrons. The fraction of sp³-hybridized carbons (Fsp3) is 0.333. The van der Waals surface area contributed by atoms with Crippen molar-refractivity contribution in [1.29, 1.82) is 0 Å². The lowest BCUT2D eigenvalue weighted by Crippen LogP contribution is -2.39. The predicted octanol–water partition coefficient (Wildman–Crippen LogP) is 3.19. The van der Waals surface area contributed by atoms with Crippen LogP contribution in [-0.2, 0) is 0 Å². The first-order valence-corrected chi connectivity index (χ1v) is 9.61. The van der Waals surface area contributed by atoms with E-state index in [1.54, 1.807) is 30.7 Å². The van der Waals surface area contributed by atoms with Gasteiger partial charge in [0.05, 0.1) is 17.0 Å². The molecule has 2 aliphatic rings. The zero-order valence-electron chi connectivity index (χ0n) is 16.0. The number of nitrogens with zero attached hydrogens (tertiary/aromatic N) is 4. The second kappa shape index (κ2) is 7.20. The average molecular weight is 392 g/mol. The average Bonchev–Trinajstić information content (AvgIpc) is 3.41. The van der Waals surface area contributed by atoms with E-state index in [4.69, 9.17) is 14.0 Å². The first-order valence-electron chi connectivity index (χ1n) is 9.61. The third-order valence-electron chi connectivity index (χ3n) is 5.35. The topological polar surface area (TPSA) is 90.6 Å². The van der Waals surface area contributed by atoms with Crippen LogP contribution in [0.4, 0.5) is 0 Å². The van der Waals surface area contributed by atoms with E-state index in [0.717, 1.165) is 29.8 Å². The summed E-state index contributed by atoms with van der Waals surface area (Å²) in [5.74, 6) is 2.02. The number of rotatable bonds is 3. The van der Waals surface area contributed by atoms with E-state index in [1.807, 2.05) is 17.9 Å². The SMILES string of the molecule is Cc1cc(-c2cncnc2C2CCCN(C(=O)c3ccc4c(c3)OCO4)C2)on1. The second-order valence-corrected chi connectivity index (χ2v) is 7.31. The Hall–Kier alpha value is -3.42. The van der Waals surface area contributed by atoms with Crippen LogP contribution in [0.5, 0.6) is 11.5 Å². The third-order valence-corrected chi connectivity index (χ3v) is 5.35. The largest absolute Gasteiger partial charge is 0.454 e. The molecule has 148 valence electrons. The number of likely N-dealkylation sites (tertiary alicyclic amines) is 1. The molecule has 1 atom stereocenters. The number of amides is 1. The van der Waals surface area contributed by atoms with Gasteiger partial charge in [-0.25, -0.2) is 9.97 Å². The molecular formula is C21H20N4O4. The van der Waals surface area contributed by atoms with E-state index in [-0.39, 0.29) is 18.6 Å². The molecule has 0 saturated carbocycles. The maximum absolute atomic E-state index is 13.1. The van der Waals surface area contributed by atoms with Crippen molar-refractivity contribution in [3.05, 3.63) is 53.7 Å². The van der Waals surface area contributed by atoms with Crippen LogP contribution in [0, 0.1) is 6.92 Å². The zero-order chi connectivity index (χ0) is 19.8. The number of piperidine rings is 1. The lowest BCUT2D eigenvalue weighted by molar-refractivity contribution is 0.0705. The van der Waals surface area contributed by atoms with Crippen molar-refractivity contribution in [2.24, 2.45) is 0 Å². The van der Waals surface area contributed by atoms with Gasteiger partial charge in [-0.1, -0.05) is 5.16 Å². The summed E-state index contributed by atoms with van der Waals surface area (Å²) in [6.45, 7) is 3.37. The van der Waals surface area contributed by atoms with E-state index in [1.165, 1.54) is 0 Å². The molecule has 8 nitrogen and oxygen atoms in total. The molecule has 8 heteroatoms. The van der Waals surface area contributed by atoms with Crippen molar-refractivity contribution in [3.63, 3.8) is 0 Å². The van der Waals surface area contributed by atoms with Gasteiger partial charge in [0.2, 0.25) is 6.79 Å². The Morgan fingerprint density at radius 2 is 2.10 bits per heavy atom. The Labute approximate surface area is 167 Å². The number of ether oxygens (including phenoxy) is 2. The zero-order valence-corrected chi connectivity index (χ0v) is 16.0. The number of carbonyl (C=O) groups is 1. The standard InChI is InChI=1S/C21H20N4O4/c1-13-7-18(29-24-13)16-9-22-11-23-20(16)15-3-2-6-25(10-15)21(26)14-4-5-17-19(8-14)28-12-27-17/h4-5,7-9,11,15H,2-3,6,10,12H2,1H3. The van der Waals surface area contributed by atoms with Gasteiger partial charge in [-0.15, -0.1) is 0 Å². The predicted molar refractivity (Wildman–Crippen MR) is 103 cm³/mol. The summed E-state index contributed by atoms with van der Waals surface area (Å²) in [5.41, 5.74) is 3.12. The Morgan fingerprint density at radius 1 is 1.21 bits per heavy atom. The van der Waals surface area contributed by atoms with Crippen molar-refractivity contribution in [2.75, 3.05) is 19.9 Å². The van der Waals surface area contributed by atoms with Gasteiger partial charge in [0.25, 0.3) is 5.91 Å². The highest BCUT2D eigenvalue weighted by molar-refractivity contribution is 5.95. The monoisotopic (exact) mass is 392 g/mol. The van der Waals surface area contributed by atoms with Crippen molar-refractivity contribution in [1.82, 2.24) is 20.0 Å². The molecule has 2 aliphatic heterocycles. The van der Waals surface area contributed by atoms with Crippen LogP contribution >= 0.6 is 0 Å². The van der Waals surface area contributed by atoms with Gasteiger partial charge in [0, 0.05) is 36.8 Å². The van der Waals surface area contributed by atoms with Crippen LogP contribution in [0.15, 0.2) is 41.3 Å². The van der Waals surface area contributed by atoms with Crippen LogP contribution in [0.25, 0.3) is 11.3 Å². The van der Waals surface area contributed by atoms with Crippen molar-refractivity contribution < 1.29 is 18.8 Å². The maximum Gasteiger partial charge on any atom is 0.254 e. The molecule has 1 fully saturated rings. The molecule has 0 spiro atoms. The third kappa shape index (κ3) is 3.30. The Kier molecular flexibility index (Phi) is 4.38. The number of aromatic nitrogens is 3. The van der Waals surface area contributed by atoms with Gasteiger partial charge >= 0.3 is 0 Å². The lowest BCUT2D eigenvalue weighted by atomic mass is 9.91. The molecule has 0 bridgehead atoms. The van der Waals surface area contributed by atoms with Crippen molar-refractivity contribution in [2.45, 2.75) is 25.7 Å². The molecule has 0 aliphatic carbocycles. The smallest absolute Gasteiger partial charge is 0.254 e. The van der Waals surface area contributed by atoms with Gasteiger partial charge in [0.1, 0.15) is 6.33 Å². The molecule has 1 unspecified atom stereocenters. The van der Waals surface area contributed by atoms with Crippen LogP contribution in [0.3, 0.4) is 0 Å². The number of fused-ring (bicyclic) bond motifs is 1. The highest BCUT2D eigenvalue weighted by Gasteiger charge is 2.29. The molecule has 5 rings (SSSR count). The number of hydrogen-bond donors (Lipinski definition) is 0. The lowest BCUT2D eigenvalue weighted by Gasteiger charge is -2.33. The first kappa shape index (κ1) is 17.7. The number of hydrogen-bond acceptors (Lipinski definition) is 7. The molecule has 2 aromatic heterocycles. The van der Waals surface area contributed by atoms with Gasteiger partial charge in [-0.3, -0.25) is 4.79 Å². The Bertz CT molecular complexity index is 1060. The molecule has 3 aromatic rings. The summed E-state index contributed by atoms with van der Waals surface area (Å²) < 4.78 is 16.2. The quantitative estimate of drug-likeness (QED) is 0.676. The van der Waals surface area contributed by atoms with E-state index in [2.05, 4.69) is 15.1 Å². The first-order chi connectivity index (χ1) is 14.2. The highest BCUT2D eigenvalue weighted by atomic mass is 16.7. The van der Waals surface area contributed by atoms with Crippen LogP contribution in [0.1, 0.15) is 40.5 Å². The number of aryl methyl sites for hydroxylation is 1. The minimum atomic E-state index is -0.0147. The summed E-state index contributed by atoms with van der Waals surface area (Å²) in [7, 11) is 0. The normalized spacial score (nSPS) is 18.1. The van der Waals surface area contributed by atoms with Crippen molar-refractivity contribution in [3.8, 4) is 22.8 Å². The Morgan fingerprint density at radius 3 is 2.97 bits per heavy atom. The highest BCUT2D eigenvalue weighted by Crippen LogP contribution is 2.35. The molecular weight excluding hydrogens is 372 g/mol. The molecule has 0 N–H and O–H groups in total. The van der Waals surface area contributed by atoms with Gasteiger partial charge < -0.3 is 18.9 Å². The summed E-state index contributed by atoms with van der Waals surface area (Å²) in [4.78, 5) is 23.7. The summed E-state index contributed by atoms with van der Waals surface area (Å²) >= 11 is 0. The summed E-state index contributed by atoms with van der Waals surface area (Å²) in [6.07, 6.45) is 5.14. The van der Waals surface area contributed by atoms with E-state index < -0.39 is 0 Å². The van der Waals surface area contributed by atoms with E-state index in [9.17, 15) is 4.79 Å². The maximum atomic E-state index is 13.1. The summed E-state index contributed by atoms with van der Waals surface area (Å²) in [6, 6.07) is 7.20. The minimum Gasteiger partial charge on any atom is -0.454 e. The van der Waals surface area contributed by atoms with E-state index >= 15 is 0 Å². The van der Waals surface area contributed by atoms with Crippen LogP contribution in [0.2, 0.25) is 0 Å². The van der Waals surface area contributed by atoms with Crippen LogP contribution in [-0.4, -0.2) is 45.8 Å². The second-order valence-electron chi connectivity index (χ2n) is 7.31. The van der Waals surface area contributed by atoms with Gasteiger partial charge in [-0.05, 0) is 38.0 Å². The van der Waals surface area contributed by atoms with Crippen LogP contribution < -0.4 is 9.47 Å². The summed E-state index contributed by atoms with van der Waals surface area (Å²) in [5, 5.41) is 3.97. The number of benzene rings is 1. The fourth-order valence-corrected chi connectivity index (χ4v) is 3.94. The molecule has 1 aromatic carbocycles. The number of carbonyl (C=O) groups excluding carboxylic acids is 1. The van der Waals surface area contributed by atoms with Gasteiger partial charge in [0.15, 0.2) is 17.3 Å².